The molecule has 16 heavy (non-hydrogen) atoms. The standard InChI is InChI=1S/C11H15N3.C2H6/c1-2-14(8-4-6-12)10-11-5-3-7-13-9-11;1-2/h3,5,7,9H,2,4,8,10H2,1H3;1-2H3. The van der Waals surface area contributed by atoms with E-state index >= 15 is 0 Å². The highest BCUT2D eigenvalue weighted by Crippen LogP contribution is 2.02. The molecule has 0 fully saturated rings. The van der Waals surface area contributed by atoms with Crippen LogP contribution in [0.3, 0.4) is 0 Å². The number of rotatable bonds is 5. The maximum absolute atomic E-state index is 8.49. The molecule has 0 saturated carbocycles. The molecule has 0 N–H and O–H groups in total. The van der Waals surface area contributed by atoms with E-state index in [9.17, 15) is 0 Å². The van der Waals surface area contributed by atoms with Crippen molar-refractivity contribution in [2.24, 2.45) is 0 Å². The highest BCUT2D eigenvalue weighted by atomic mass is 15.1. The lowest BCUT2D eigenvalue weighted by Gasteiger charge is -2.18. The Kier molecular flexibility index (Phi) is 9.24. The highest BCUT2D eigenvalue weighted by Gasteiger charge is 2.02. The molecule has 1 aromatic heterocycles. The van der Waals surface area contributed by atoms with Crippen molar-refractivity contribution in [3.05, 3.63) is 30.1 Å². The van der Waals surface area contributed by atoms with Gasteiger partial charge in [-0.15, -0.1) is 0 Å². The lowest BCUT2D eigenvalue weighted by molar-refractivity contribution is 0.286. The largest absolute Gasteiger partial charge is 0.298 e. The summed E-state index contributed by atoms with van der Waals surface area (Å²) in [5.41, 5.74) is 1.20. The number of hydrogen-bond donors (Lipinski definition) is 0. The van der Waals surface area contributed by atoms with Crippen molar-refractivity contribution in [2.75, 3.05) is 13.1 Å². The first kappa shape index (κ1) is 14.6. The van der Waals surface area contributed by atoms with Gasteiger partial charge in [-0.2, -0.15) is 5.26 Å². The molecule has 1 rings (SSSR count). The number of pyridine rings is 1. The van der Waals surface area contributed by atoms with Crippen LogP contribution < -0.4 is 0 Å². The highest BCUT2D eigenvalue weighted by molar-refractivity contribution is 5.08. The molecule has 0 aromatic carbocycles. The van der Waals surface area contributed by atoms with Gasteiger partial charge in [0.15, 0.2) is 0 Å². The quantitative estimate of drug-likeness (QED) is 0.764. The average molecular weight is 219 g/mol. The van der Waals surface area contributed by atoms with Gasteiger partial charge < -0.3 is 0 Å². The van der Waals surface area contributed by atoms with Gasteiger partial charge >= 0.3 is 0 Å². The molecule has 3 heteroatoms. The molecular formula is C13H21N3. The monoisotopic (exact) mass is 219 g/mol. The third-order valence-electron chi connectivity index (χ3n) is 2.12. The molecule has 3 nitrogen and oxygen atoms in total. The van der Waals surface area contributed by atoms with Gasteiger partial charge in [0, 0.05) is 31.9 Å². The van der Waals surface area contributed by atoms with E-state index in [-0.39, 0.29) is 0 Å². The molecule has 0 aliphatic carbocycles. The SMILES string of the molecule is CC.CCN(CCC#N)Cc1cccnc1. The van der Waals surface area contributed by atoms with Crippen LogP contribution in [-0.4, -0.2) is 23.0 Å². The first-order valence-electron chi connectivity index (χ1n) is 5.85. The van der Waals surface area contributed by atoms with E-state index in [4.69, 9.17) is 5.26 Å². The predicted octanol–water partition coefficient (Wildman–Crippen LogP) is 2.84. The van der Waals surface area contributed by atoms with Crippen molar-refractivity contribution in [3.63, 3.8) is 0 Å². The Bertz CT molecular complexity index is 290. The Labute approximate surface area is 98.7 Å². The minimum Gasteiger partial charge on any atom is -0.298 e. The molecule has 0 radical (unpaired) electrons. The first-order valence-corrected chi connectivity index (χ1v) is 5.85. The van der Waals surface area contributed by atoms with Gasteiger partial charge in [-0.25, -0.2) is 0 Å². The van der Waals surface area contributed by atoms with Crippen molar-refractivity contribution in [3.8, 4) is 6.07 Å². The molecule has 0 atom stereocenters. The molecule has 0 amide bonds. The molecule has 0 saturated heterocycles. The van der Waals surface area contributed by atoms with E-state index < -0.39 is 0 Å². The van der Waals surface area contributed by atoms with Crippen LogP contribution in [0, 0.1) is 11.3 Å². The van der Waals surface area contributed by atoms with Crippen molar-refractivity contribution >= 4 is 0 Å². The summed E-state index contributed by atoms with van der Waals surface area (Å²) in [5, 5.41) is 8.49. The topological polar surface area (TPSA) is 39.9 Å². The maximum atomic E-state index is 8.49. The summed E-state index contributed by atoms with van der Waals surface area (Å²) in [6.45, 7) is 8.79. The fourth-order valence-electron chi connectivity index (χ4n) is 1.31. The Morgan fingerprint density at radius 1 is 1.44 bits per heavy atom. The molecular weight excluding hydrogens is 198 g/mol. The average Bonchev–Trinajstić information content (AvgIpc) is 2.38. The molecule has 1 aromatic rings. The second-order valence-electron chi connectivity index (χ2n) is 3.14. The number of nitriles is 1. The summed E-state index contributed by atoms with van der Waals surface area (Å²) < 4.78 is 0. The third-order valence-corrected chi connectivity index (χ3v) is 2.12. The Morgan fingerprint density at radius 3 is 2.69 bits per heavy atom. The van der Waals surface area contributed by atoms with Gasteiger partial charge in [-0.1, -0.05) is 26.8 Å². The van der Waals surface area contributed by atoms with Gasteiger partial charge in [0.05, 0.1) is 6.07 Å². The minimum absolute atomic E-state index is 0.591. The number of hydrogen-bond acceptors (Lipinski definition) is 3. The predicted molar refractivity (Wildman–Crippen MR) is 66.8 cm³/mol. The molecule has 0 spiro atoms. The lowest BCUT2D eigenvalue weighted by Crippen LogP contribution is -2.23. The smallest absolute Gasteiger partial charge is 0.0635 e. The Hall–Kier alpha value is -1.40. The molecule has 0 aliphatic heterocycles. The third kappa shape index (κ3) is 6.15. The van der Waals surface area contributed by atoms with Crippen LogP contribution in [0.15, 0.2) is 24.5 Å². The Morgan fingerprint density at radius 2 is 2.19 bits per heavy atom. The van der Waals surface area contributed by atoms with Crippen LogP contribution in [-0.2, 0) is 6.54 Å². The summed E-state index contributed by atoms with van der Waals surface area (Å²) >= 11 is 0. The number of nitrogens with zero attached hydrogens (tertiary/aromatic N) is 3. The van der Waals surface area contributed by atoms with Crippen LogP contribution in [0.2, 0.25) is 0 Å². The summed E-state index contributed by atoms with van der Waals surface area (Å²) in [5.74, 6) is 0. The molecule has 0 bridgehead atoms. The van der Waals surface area contributed by atoms with E-state index in [0.717, 1.165) is 19.6 Å². The van der Waals surface area contributed by atoms with Crippen molar-refractivity contribution in [1.29, 1.82) is 5.26 Å². The van der Waals surface area contributed by atoms with E-state index in [0.29, 0.717) is 6.42 Å². The zero-order chi connectivity index (χ0) is 12.2. The summed E-state index contributed by atoms with van der Waals surface area (Å²) in [7, 11) is 0. The number of aromatic nitrogens is 1. The second kappa shape index (κ2) is 10.1. The van der Waals surface area contributed by atoms with Crippen LogP contribution in [0.1, 0.15) is 32.8 Å². The first-order chi connectivity index (χ1) is 7.86. The van der Waals surface area contributed by atoms with Crippen LogP contribution in [0.25, 0.3) is 0 Å². The maximum Gasteiger partial charge on any atom is 0.0635 e. The van der Waals surface area contributed by atoms with Crippen LogP contribution >= 0.6 is 0 Å². The second-order valence-corrected chi connectivity index (χ2v) is 3.14. The lowest BCUT2D eigenvalue weighted by atomic mass is 10.2. The van der Waals surface area contributed by atoms with Crippen molar-refractivity contribution in [1.82, 2.24) is 9.88 Å². The van der Waals surface area contributed by atoms with Crippen LogP contribution in [0.4, 0.5) is 0 Å². The van der Waals surface area contributed by atoms with E-state index in [1.807, 2.05) is 26.1 Å². The van der Waals surface area contributed by atoms with E-state index in [2.05, 4.69) is 28.9 Å². The summed E-state index contributed by atoms with van der Waals surface area (Å²) in [6.07, 6.45) is 4.23. The van der Waals surface area contributed by atoms with Crippen LogP contribution in [0.5, 0.6) is 0 Å². The fourth-order valence-corrected chi connectivity index (χ4v) is 1.31. The van der Waals surface area contributed by atoms with Gasteiger partial charge in [-0.05, 0) is 18.2 Å². The zero-order valence-corrected chi connectivity index (χ0v) is 10.5. The van der Waals surface area contributed by atoms with Gasteiger partial charge in [0.2, 0.25) is 0 Å². The van der Waals surface area contributed by atoms with Gasteiger partial charge in [0.25, 0.3) is 0 Å². The van der Waals surface area contributed by atoms with Gasteiger partial charge in [0.1, 0.15) is 0 Å². The van der Waals surface area contributed by atoms with E-state index in [1.165, 1.54) is 5.56 Å². The minimum atomic E-state index is 0.591. The van der Waals surface area contributed by atoms with Crippen molar-refractivity contribution < 1.29 is 0 Å². The van der Waals surface area contributed by atoms with Crippen molar-refractivity contribution in [2.45, 2.75) is 33.7 Å². The molecule has 0 aliphatic rings. The fraction of sp³-hybridized carbons (Fsp3) is 0.538. The summed E-state index contributed by atoms with van der Waals surface area (Å²) in [4.78, 5) is 6.30. The molecule has 0 unspecified atom stereocenters. The summed E-state index contributed by atoms with van der Waals surface area (Å²) in [6, 6.07) is 6.16. The normalized spacial score (nSPS) is 9.19. The molecule has 1 heterocycles. The van der Waals surface area contributed by atoms with E-state index in [1.54, 1.807) is 6.20 Å². The molecule has 88 valence electrons. The van der Waals surface area contributed by atoms with Gasteiger partial charge in [-0.3, -0.25) is 9.88 Å². The zero-order valence-electron chi connectivity index (χ0n) is 10.5. The Balaban J connectivity index is 0.00000106.